The standard InChI is InChI=1S/C17H18Cl2N2O3S2/c1-3-20(4-2)26(23,24)12-5-6-14-11(9-12)7-8-21(14)17(22)13-10-15(18)25-16(13)19/h5-6,9-10H,3-4,7-8H2,1-2H3. The highest BCUT2D eigenvalue weighted by atomic mass is 35.5. The van der Waals surface area contributed by atoms with Gasteiger partial charge < -0.3 is 4.90 Å². The van der Waals surface area contributed by atoms with Crippen LogP contribution >= 0.6 is 34.5 Å². The summed E-state index contributed by atoms with van der Waals surface area (Å²) >= 11 is 13.2. The molecule has 0 atom stereocenters. The summed E-state index contributed by atoms with van der Waals surface area (Å²) in [4.78, 5) is 14.7. The first-order chi connectivity index (χ1) is 12.3. The molecular weight excluding hydrogens is 415 g/mol. The zero-order valence-corrected chi connectivity index (χ0v) is 17.5. The van der Waals surface area contributed by atoms with E-state index in [4.69, 9.17) is 23.2 Å². The molecule has 3 rings (SSSR count). The van der Waals surface area contributed by atoms with Gasteiger partial charge in [0.15, 0.2) is 0 Å². The Hall–Kier alpha value is -1.12. The highest BCUT2D eigenvalue weighted by Gasteiger charge is 2.30. The molecule has 1 aromatic heterocycles. The van der Waals surface area contributed by atoms with E-state index in [1.165, 1.54) is 4.31 Å². The number of amides is 1. The van der Waals surface area contributed by atoms with Crippen LogP contribution in [0.2, 0.25) is 8.67 Å². The fourth-order valence-electron chi connectivity index (χ4n) is 3.09. The normalized spacial score (nSPS) is 14.1. The third-order valence-corrected chi connectivity index (χ3v) is 7.96. The third-order valence-electron chi connectivity index (χ3n) is 4.42. The van der Waals surface area contributed by atoms with Crippen LogP contribution in [-0.4, -0.2) is 38.3 Å². The predicted octanol–water partition coefficient (Wildman–Crippen LogP) is 4.29. The number of fused-ring (bicyclic) bond motifs is 1. The minimum Gasteiger partial charge on any atom is -0.308 e. The molecule has 2 aromatic rings. The number of sulfonamides is 1. The Morgan fingerprint density at radius 2 is 1.92 bits per heavy atom. The van der Waals surface area contributed by atoms with Crippen molar-refractivity contribution in [1.82, 2.24) is 4.31 Å². The summed E-state index contributed by atoms with van der Waals surface area (Å²) in [7, 11) is -3.52. The van der Waals surface area contributed by atoms with E-state index in [0.717, 1.165) is 16.9 Å². The van der Waals surface area contributed by atoms with Crippen molar-refractivity contribution >= 4 is 56.2 Å². The molecule has 0 saturated heterocycles. The van der Waals surface area contributed by atoms with Crippen molar-refractivity contribution in [2.45, 2.75) is 25.2 Å². The highest BCUT2D eigenvalue weighted by molar-refractivity contribution is 7.89. The summed E-state index contributed by atoms with van der Waals surface area (Å²) in [6, 6.07) is 6.48. The van der Waals surface area contributed by atoms with Crippen molar-refractivity contribution in [2.75, 3.05) is 24.5 Å². The first kappa shape index (κ1) is 19.6. The second-order valence-electron chi connectivity index (χ2n) is 5.82. The Morgan fingerprint density at radius 1 is 1.23 bits per heavy atom. The lowest BCUT2D eigenvalue weighted by Crippen LogP contribution is -2.30. The molecule has 1 amide bonds. The van der Waals surface area contributed by atoms with Gasteiger partial charge in [0, 0.05) is 25.3 Å². The van der Waals surface area contributed by atoms with Crippen LogP contribution in [0.1, 0.15) is 29.8 Å². The van der Waals surface area contributed by atoms with Crippen molar-refractivity contribution in [3.63, 3.8) is 0 Å². The summed E-state index contributed by atoms with van der Waals surface area (Å²) in [5, 5.41) is 0. The summed E-state index contributed by atoms with van der Waals surface area (Å²) in [6.07, 6.45) is 0.595. The Kier molecular flexibility index (Phi) is 5.65. The molecule has 0 unspecified atom stereocenters. The Morgan fingerprint density at radius 3 is 2.50 bits per heavy atom. The lowest BCUT2D eigenvalue weighted by atomic mass is 10.2. The number of rotatable bonds is 5. The van der Waals surface area contributed by atoms with Crippen LogP contribution in [0.4, 0.5) is 5.69 Å². The van der Waals surface area contributed by atoms with Gasteiger partial charge in [-0.15, -0.1) is 11.3 Å². The molecular formula is C17H18Cl2N2O3S2. The SMILES string of the molecule is CCN(CC)S(=O)(=O)c1ccc2c(c1)CCN2C(=O)c1cc(Cl)sc1Cl. The third kappa shape index (κ3) is 3.39. The molecule has 0 bridgehead atoms. The Balaban J connectivity index is 1.94. The second kappa shape index (κ2) is 7.48. The van der Waals surface area contributed by atoms with E-state index >= 15 is 0 Å². The molecule has 0 spiro atoms. The van der Waals surface area contributed by atoms with Crippen LogP contribution in [0, 0.1) is 0 Å². The fourth-order valence-corrected chi connectivity index (χ4v) is 6.05. The molecule has 0 radical (unpaired) electrons. The van der Waals surface area contributed by atoms with Gasteiger partial charge in [-0.05, 0) is 36.2 Å². The lowest BCUT2D eigenvalue weighted by molar-refractivity contribution is 0.0990. The smallest absolute Gasteiger partial charge is 0.260 e. The van der Waals surface area contributed by atoms with Crippen molar-refractivity contribution in [3.8, 4) is 0 Å². The van der Waals surface area contributed by atoms with Crippen molar-refractivity contribution in [3.05, 3.63) is 44.1 Å². The van der Waals surface area contributed by atoms with E-state index in [2.05, 4.69) is 0 Å². The van der Waals surface area contributed by atoms with Gasteiger partial charge in [-0.1, -0.05) is 37.0 Å². The van der Waals surface area contributed by atoms with E-state index in [-0.39, 0.29) is 10.8 Å². The van der Waals surface area contributed by atoms with Crippen molar-refractivity contribution in [1.29, 1.82) is 0 Å². The molecule has 0 saturated carbocycles. The largest absolute Gasteiger partial charge is 0.308 e. The summed E-state index contributed by atoms with van der Waals surface area (Å²) < 4.78 is 27.6. The van der Waals surface area contributed by atoms with Crippen molar-refractivity contribution in [2.24, 2.45) is 0 Å². The zero-order valence-electron chi connectivity index (χ0n) is 14.3. The molecule has 1 aliphatic rings. The van der Waals surface area contributed by atoms with Gasteiger partial charge in [0.1, 0.15) is 4.34 Å². The second-order valence-corrected chi connectivity index (χ2v) is 10.0. The molecule has 0 fully saturated rings. The summed E-state index contributed by atoms with van der Waals surface area (Å²) in [5.74, 6) is -0.226. The maximum Gasteiger partial charge on any atom is 0.260 e. The maximum atomic E-state index is 12.8. The number of benzene rings is 1. The molecule has 0 N–H and O–H groups in total. The van der Waals surface area contributed by atoms with Gasteiger partial charge in [-0.3, -0.25) is 4.79 Å². The Labute approximate surface area is 167 Å². The van der Waals surface area contributed by atoms with Crippen LogP contribution in [0.5, 0.6) is 0 Å². The number of carbonyl (C=O) groups excluding carboxylic acids is 1. The Bertz CT molecular complexity index is 953. The average molecular weight is 433 g/mol. The van der Waals surface area contributed by atoms with E-state index in [0.29, 0.717) is 46.0 Å². The molecule has 1 aliphatic heterocycles. The van der Waals surface area contributed by atoms with Gasteiger partial charge in [-0.25, -0.2) is 8.42 Å². The predicted molar refractivity (Wildman–Crippen MR) is 106 cm³/mol. The number of hydrogen-bond acceptors (Lipinski definition) is 4. The number of anilines is 1. The van der Waals surface area contributed by atoms with E-state index in [1.54, 1.807) is 29.2 Å². The topological polar surface area (TPSA) is 57.7 Å². The van der Waals surface area contributed by atoms with Gasteiger partial charge in [0.2, 0.25) is 10.0 Å². The van der Waals surface area contributed by atoms with Gasteiger partial charge in [-0.2, -0.15) is 4.31 Å². The van der Waals surface area contributed by atoms with Gasteiger partial charge >= 0.3 is 0 Å². The quantitative estimate of drug-likeness (QED) is 0.707. The lowest BCUT2D eigenvalue weighted by Gasteiger charge is -2.20. The van der Waals surface area contributed by atoms with Crippen LogP contribution in [0.25, 0.3) is 0 Å². The minimum atomic E-state index is -3.52. The maximum absolute atomic E-state index is 12.8. The van der Waals surface area contributed by atoms with Gasteiger partial charge in [0.25, 0.3) is 5.91 Å². The summed E-state index contributed by atoms with van der Waals surface area (Å²) in [5.41, 5.74) is 1.92. The van der Waals surface area contributed by atoms with E-state index in [9.17, 15) is 13.2 Å². The first-order valence-corrected chi connectivity index (χ1v) is 11.2. The molecule has 26 heavy (non-hydrogen) atoms. The van der Waals surface area contributed by atoms with Crippen LogP contribution in [0.15, 0.2) is 29.2 Å². The number of nitrogens with zero attached hydrogens (tertiary/aromatic N) is 2. The molecule has 1 aromatic carbocycles. The first-order valence-electron chi connectivity index (χ1n) is 8.19. The molecule has 140 valence electrons. The average Bonchev–Trinajstić information content (AvgIpc) is 3.17. The number of carbonyl (C=O) groups is 1. The molecule has 5 nitrogen and oxygen atoms in total. The molecule has 0 aliphatic carbocycles. The van der Waals surface area contributed by atoms with Crippen LogP contribution in [0.3, 0.4) is 0 Å². The molecule has 9 heteroatoms. The number of thiophene rings is 1. The molecule has 2 heterocycles. The fraction of sp³-hybridized carbons (Fsp3) is 0.353. The van der Waals surface area contributed by atoms with E-state index in [1.807, 2.05) is 13.8 Å². The van der Waals surface area contributed by atoms with Crippen molar-refractivity contribution < 1.29 is 13.2 Å². The van der Waals surface area contributed by atoms with Crippen LogP contribution < -0.4 is 4.90 Å². The minimum absolute atomic E-state index is 0.226. The highest BCUT2D eigenvalue weighted by Crippen LogP contribution is 2.36. The van der Waals surface area contributed by atoms with Gasteiger partial charge in [0.05, 0.1) is 14.8 Å². The number of hydrogen-bond donors (Lipinski definition) is 0. The summed E-state index contributed by atoms with van der Waals surface area (Å²) in [6.45, 7) is 4.93. The zero-order chi connectivity index (χ0) is 19.1. The van der Waals surface area contributed by atoms with E-state index < -0.39 is 10.0 Å². The number of halogens is 2. The monoisotopic (exact) mass is 432 g/mol. The van der Waals surface area contributed by atoms with Crippen LogP contribution in [-0.2, 0) is 16.4 Å².